The van der Waals surface area contributed by atoms with E-state index in [1.165, 1.54) is 0 Å². The van der Waals surface area contributed by atoms with E-state index < -0.39 is 0 Å². The van der Waals surface area contributed by atoms with Gasteiger partial charge >= 0.3 is 0 Å². The molecule has 2 nitrogen and oxygen atoms in total. The molecule has 0 amide bonds. The molecule has 0 aromatic carbocycles. The molecule has 12 heavy (non-hydrogen) atoms. The third-order valence-electron chi connectivity index (χ3n) is 1.33. The highest BCUT2D eigenvalue weighted by Gasteiger charge is 2.04. The van der Waals surface area contributed by atoms with Crippen molar-refractivity contribution >= 4 is 38.1 Å². The number of aliphatic hydroxyl groups is 1. The minimum absolute atomic E-state index is 0.221. The quantitative estimate of drug-likeness (QED) is 0.438. The van der Waals surface area contributed by atoms with Crippen molar-refractivity contribution in [3.05, 3.63) is 0 Å². The number of hydrogen-bond donors (Lipinski definition) is 1. The number of aliphatic hydroxyl groups excluding tert-OH is 1. The molecule has 0 unspecified atom stereocenters. The maximum atomic E-state index is 8.54. The van der Waals surface area contributed by atoms with E-state index in [0.717, 1.165) is 23.2 Å². The molecule has 0 saturated carbocycles. The van der Waals surface area contributed by atoms with Crippen LogP contribution < -0.4 is 0 Å². The van der Waals surface area contributed by atoms with Crippen LogP contribution in [0.2, 0.25) is 0 Å². The van der Waals surface area contributed by atoms with Crippen molar-refractivity contribution in [2.24, 2.45) is 0 Å². The van der Waals surface area contributed by atoms with Gasteiger partial charge in [0.15, 0.2) is 0 Å². The number of nitrogens with zero attached hydrogens (tertiary/aromatic N) is 1. The second-order valence-electron chi connectivity index (χ2n) is 2.07. The van der Waals surface area contributed by atoms with Crippen LogP contribution in [0.1, 0.15) is 13.8 Å². The van der Waals surface area contributed by atoms with Crippen molar-refractivity contribution < 1.29 is 5.11 Å². The molecule has 1 N–H and O–H groups in total. The van der Waals surface area contributed by atoms with Crippen molar-refractivity contribution in [1.82, 2.24) is 4.90 Å². The standard InChI is InChI=1S/C7H15NOS3/c1-3-8(4-2)7(10)12-11-6-5-9/h9H,3-6H2,1-2H3. The molecule has 72 valence electrons. The molecule has 0 radical (unpaired) electrons. The van der Waals surface area contributed by atoms with Crippen LogP contribution in [0.3, 0.4) is 0 Å². The van der Waals surface area contributed by atoms with E-state index in [-0.39, 0.29) is 6.61 Å². The van der Waals surface area contributed by atoms with Gasteiger partial charge in [0.2, 0.25) is 0 Å². The van der Waals surface area contributed by atoms with Crippen LogP contribution >= 0.6 is 33.8 Å². The van der Waals surface area contributed by atoms with Crippen molar-refractivity contribution in [1.29, 1.82) is 0 Å². The lowest BCUT2D eigenvalue weighted by molar-refractivity contribution is 0.323. The van der Waals surface area contributed by atoms with Crippen molar-refractivity contribution in [3.8, 4) is 0 Å². The topological polar surface area (TPSA) is 23.5 Å². The van der Waals surface area contributed by atoms with Gasteiger partial charge in [-0.25, -0.2) is 0 Å². The van der Waals surface area contributed by atoms with Gasteiger partial charge < -0.3 is 10.0 Å². The Kier molecular flexibility index (Phi) is 8.54. The van der Waals surface area contributed by atoms with Crippen molar-refractivity contribution in [3.63, 3.8) is 0 Å². The Morgan fingerprint density at radius 3 is 2.42 bits per heavy atom. The fraction of sp³-hybridized carbons (Fsp3) is 0.857. The van der Waals surface area contributed by atoms with Crippen molar-refractivity contribution in [2.75, 3.05) is 25.4 Å². The smallest absolute Gasteiger partial charge is 0.147 e. The minimum Gasteiger partial charge on any atom is -0.395 e. The van der Waals surface area contributed by atoms with E-state index in [4.69, 9.17) is 17.3 Å². The maximum Gasteiger partial charge on any atom is 0.147 e. The molecule has 0 aliphatic heterocycles. The van der Waals surface area contributed by atoms with Gasteiger partial charge in [-0.2, -0.15) is 0 Å². The Morgan fingerprint density at radius 2 is 2.00 bits per heavy atom. The van der Waals surface area contributed by atoms with Gasteiger partial charge in [-0.05, 0) is 24.6 Å². The van der Waals surface area contributed by atoms with Gasteiger partial charge in [-0.15, -0.1) is 0 Å². The summed E-state index contributed by atoms with van der Waals surface area (Å²) < 4.78 is 0.915. The SMILES string of the molecule is CCN(CC)C(=S)SSCCO. The monoisotopic (exact) mass is 225 g/mol. The zero-order chi connectivity index (χ0) is 9.40. The molecule has 0 saturated heterocycles. The first-order chi connectivity index (χ1) is 5.76. The summed E-state index contributed by atoms with van der Waals surface area (Å²) in [6.07, 6.45) is 0. The predicted molar refractivity (Wildman–Crippen MR) is 62.7 cm³/mol. The average molecular weight is 225 g/mol. The zero-order valence-corrected chi connectivity index (χ0v) is 9.90. The molecule has 0 aliphatic rings. The fourth-order valence-corrected chi connectivity index (χ4v) is 3.07. The molecule has 0 fully saturated rings. The van der Waals surface area contributed by atoms with Gasteiger partial charge in [-0.3, -0.25) is 0 Å². The van der Waals surface area contributed by atoms with Crippen LogP contribution in [-0.4, -0.2) is 39.8 Å². The van der Waals surface area contributed by atoms with Crippen molar-refractivity contribution in [2.45, 2.75) is 13.8 Å². The highest BCUT2D eigenvalue weighted by atomic mass is 33.1. The maximum absolute atomic E-state index is 8.54. The van der Waals surface area contributed by atoms with Crippen LogP contribution in [0.4, 0.5) is 0 Å². The molecule has 0 rings (SSSR count). The van der Waals surface area contributed by atoms with E-state index in [2.05, 4.69) is 18.7 Å². The summed E-state index contributed by atoms with van der Waals surface area (Å²) in [6.45, 7) is 6.32. The summed E-state index contributed by atoms with van der Waals surface area (Å²) in [5.41, 5.74) is 0. The van der Waals surface area contributed by atoms with Crippen LogP contribution in [0, 0.1) is 0 Å². The average Bonchev–Trinajstić information content (AvgIpc) is 2.07. The predicted octanol–water partition coefficient (Wildman–Crippen LogP) is 1.99. The van der Waals surface area contributed by atoms with Gasteiger partial charge in [0.1, 0.15) is 4.32 Å². The number of thiocarbonyl (C=S) groups is 1. The summed E-state index contributed by atoms with van der Waals surface area (Å²) in [4.78, 5) is 2.13. The van der Waals surface area contributed by atoms with Crippen LogP contribution in [0.15, 0.2) is 0 Å². The van der Waals surface area contributed by atoms with Gasteiger partial charge in [0, 0.05) is 18.8 Å². The second kappa shape index (κ2) is 8.16. The summed E-state index contributed by atoms with van der Waals surface area (Å²) in [5.74, 6) is 0.742. The zero-order valence-electron chi connectivity index (χ0n) is 7.45. The molecule has 0 heterocycles. The summed E-state index contributed by atoms with van der Waals surface area (Å²) in [5, 5.41) is 8.54. The number of hydrogen-bond acceptors (Lipinski definition) is 4. The first kappa shape index (κ1) is 12.6. The second-order valence-corrected chi connectivity index (χ2v) is 5.12. The highest BCUT2D eigenvalue weighted by Crippen LogP contribution is 2.24. The van der Waals surface area contributed by atoms with Crippen LogP contribution in [-0.2, 0) is 0 Å². The molecule has 0 bridgehead atoms. The third-order valence-corrected chi connectivity index (χ3v) is 4.35. The third kappa shape index (κ3) is 5.24. The highest BCUT2D eigenvalue weighted by molar-refractivity contribution is 8.83. The molecule has 0 spiro atoms. The van der Waals surface area contributed by atoms with Crippen LogP contribution in [0.25, 0.3) is 0 Å². The first-order valence-corrected chi connectivity index (χ1v) is 6.68. The van der Waals surface area contributed by atoms with Gasteiger partial charge in [0.05, 0.1) is 6.61 Å². The summed E-state index contributed by atoms with van der Waals surface area (Å²) >= 11 is 5.17. The molecular formula is C7H15NOS3. The van der Waals surface area contributed by atoms with E-state index in [0.29, 0.717) is 0 Å². The molecule has 0 aliphatic carbocycles. The normalized spacial score (nSPS) is 9.92. The molecule has 0 atom stereocenters. The Morgan fingerprint density at radius 1 is 1.42 bits per heavy atom. The largest absolute Gasteiger partial charge is 0.395 e. The lowest BCUT2D eigenvalue weighted by atomic mass is 10.6. The lowest BCUT2D eigenvalue weighted by Gasteiger charge is -2.19. The molecule has 0 aromatic heterocycles. The molecule has 0 aromatic rings. The minimum atomic E-state index is 0.221. The Labute approximate surface area is 87.5 Å². The Hall–Kier alpha value is 0.550. The fourth-order valence-electron chi connectivity index (χ4n) is 0.664. The Balaban J connectivity index is 3.54. The summed E-state index contributed by atoms with van der Waals surface area (Å²) in [7, 11) is 3.18. The van der Waals surface area contributed by atoms with E-state index >= 15 is 0 Å². The Bertz CT molecular complexity index is 128. The molecule has 5 heteroatoms. The lowest BCUT2D eigenvalue weighted by Crippen LogP contribution is -2.26. The first-order valence-electron chi connectivity index (χ1n) is 3.95. The van der Waals surface area contributed by atoms with Gasteiger partial charge in [0.25, 0.3) is 0 Å². The van der Waals surface area contributed by atoms with E-state index in [9.17, 15) is 0 Å². The van der Waals surface area contributed by atoms with Crippen LogP contribution in [0.5, 0.6) is 0 Å². The molecular weight excluding hydrogens is 210 g/mol. The van der Waals surface area contributed by atoms with E-state index in [1.54, 1.807) is 21.6 Å². The van der Waals surface area contributed by atoms with E-state index in [1.807, 2.05) is 0 Å². The summed E-state index contributed by atoms with van der Waals surface area (Å²) in [6, 6.07) is 0. The van der Waals surface area contributed by atoms with Gasteiger partial charge in [-0.1, -0.05) is 23.0 Å². The number of rotatable bonds is 5.